The maximum absolute atomic E-state index is 9.06. The quantitative estimate of drug-likeness (QED) is 0.776. The van der Waals surface area contributed by atoms with E-state index in [9.17, 15) is 0 Å². The average Bonchev–Trinajstić information content (AvgIpc) is 1.64. The summed E-state index contributed by atoms with van der Waals surface area (Å²) >= 11 is 9.58. The van der Waals surface area contributed by atoms with Crippen molar-refractivity contribution < 1.29 is 5.11 Å². The predicted octanol–water partition coefficient (Wildman–Crippen LogP) is 2.25. The summed E-state index contributed by atoms with van der Waals surface area (Å²) in [5.41, 5.74) is 0. The summed E-state index contributed by atoms with van der Waals surface area (Å²) in [6.45, 7) is 1.89. The van der Waals surface area contributed by atoms with Crippen molar-refractivity contribution in [2.24, 2.45) is 0 Å². The summed E-state index contributed by atoms with van der Waals surface area (Å²) in [4.78, 5) is 0.117. The third kappa shape index (κ3) is 3.43. The van der Waals surface area contributed by atoms with Crippen molar-refractivity contribution in [2.45, 2.75) is 21.6 Å². The normalized spacial score (nSPS) is 18.8. The zero-order chi connectivity index (χ0) is 6.73. The molecule has 8 heavy (non-hydrogen) atoms. The van der Waals surface area contributed by atoms with Crippen LogP contribution in [-0.2, 0) is 0 Å². The molecule has 0 aliphatic carbocycles. The van der Waals surface area contributed by atoms with Gasteiger partial charge in [0, 0.05) is 4.83 Å². The average molecular weight is 311 g/mol. The van der Waals surface area contributed by atoms with Crippen LogP contribution in [0, 0.1) is 0 Å². The Bertz CT molecular complexity index is 56.3. The smallest absolute Gasteiger partial charge is 0.0966 e. The van der Waals surface area contributed by atoms with Crippen LogP contribution in [0.4, 0.5) is 0 Å². The van der Waals surface area contributed by atoms with Crippen LogP contribution in [0.1, 0.15) is 6.92 Å². The molecule has 0 heterocycles. The van der Waals surface area contributed by atoms with Crippen molar-refractivity contribution in [2.75, 3.05) is 0 Å². The second-order valence-electron chi connectivity index (χ2n) is 1.50. The molecule has 0 aromatic rings. The lowest BCUT2D eigenvalue weighted by Gasteiger charge is -2.12. The second kappa shape index (κ2) is 4.25. The highest BCUT2D eigenvalue weighted by molar-refractivity contribution is 9.24. The van der Waals surface area contributed by atoms with Crippen LogP contribution in [0.2, 0.25) is 0 Å². The van der Waals surface area contributed by atoms with E-state index in [1.54, 1.807) is 0 Å². The zero-order valence-corrected chi connectivity index (χ0v) is 9.07. The van der Waals surface area contributed by atoms with Gasteiger partial charge in [-0.25, -0.2) is 0 Å². The van der Waals surface area contributed by atoms with Crippen LogP contribution in [-0.4, -0.2) is 19.8 Å². The number of hydrogen-bond acceptors (Lipinski definition) is 1. The maximum atomic E-state index is 9.06. The highest BCUT2D eigenvalue weighted by Crippen LogP contribution is 2.19. The number of halogens is 3. The fraction of sp³-hybridized carbons (Fsp3) is 1.00. The molecule has 0 aliphatic rings. The molecule has 2 atom stereocenters. The van der Waals surface area contributed by atoms with E-state index < -0.39 is 0 Å². The molecule has 0 bridgehead atoms. The monoisotopic (exact) mass is 308 g/mol. The summed E-state index contributed by atoms with van der Waals surface area (Å²) in [6.07, 6.45) is -0.380. The molecule has 50 valence electrons. The van der Waals surface area contributed by atoms with E-state index >= 15 is 0 Å². The lowest BCUT2D eigenvalue weighted by atomic mass is 10.3. The standard InChI is InChI=1S/C4H7Br3O/c1-2(5)3(8)4(6)7/h2-4,8H,1H3. The molecule has 2 unspecified atom stereocenters. The van der Waals surface area contributed by atoms with Crippen molar-refractivity contribution in [1.29, 1.82) is 0 Å². The summed E-state index contributed by atoms with van der Waals surface area (Å²) < 4.78 is -0.0237. The van der Waals surface area contributed by atoms with Gasteiger partial charge in [0.15, 0.2) is 0 Å². The first-order chi connectivity index (χ1) is 3.55. The van der Waals surface area contributed by atoms with E-state index in [1.165, 1.54) is 0 Å². The molecule has 0 fully saturated rings. The highest BCUT2D eigenvalue weighted by Gasteiger charge is 2.16. The predicted molar refractivity (Wildman–Crippen MR) is 46.0 cm³/mol. The summed E-state index contributed by atoms with van der Waals surface area (Å²) in [7, 11) is 0. The second-order valence-corrected chi connectivity index (χ2v) is 6.15. The zero-order valence-electron chi connectivity index (χ0n) is 4.31. The lowest BCUT2D eigenvalue weighted by molar-refractivity contribution is 0.198. The molecule has 0 rings (SSSR count). The van der Waals surface area contributed by atoms with Gasteiger partial charge in [0.2, 0.25) is 0 Å². The fourth-order valence-electron chi connectivity index (χ4n) is 0.200. The number of hydrogen-bond donors (Lipinski definition) is 1. The minimum Gasteiger partial charge on any atom is -0.390 e. The van der Waals surface area contributed by atoms with Gasteiger partial charge in [-0.3, -0.25) is 0 Å². The molecule has 0 aromatic carbocycles. The summed E-state index contributed by atoms with van der Waals surface area (Å²) in [6, 6.07) is 0. The molecular weight excluding hydrogens is 304 g/mol. The van der Waals surface area contributed by atoms with Gasteiger partial charge in [0.25, 0.3) is 0 Å². The van der Waals surface area contributed by atoms with Gasteiger partial charge in [-0.1, -0.05) is 54.7 Å². The van der Waals surface area contributed by atoms with Gasteiger partial charge < -0.3 is 5.11 Å². The Morgan fingerprint density at radius 2 is 1.62 bits per heavy atom. The Morgan fingerprint density at radius 3 is 1.62 bits per heavy atom. The number of alkyl halides is 3. The molecule has 0 amide bonds. The molecular formula is C4H7Br3O. The van der Waals surface area contributed by atoms with Crippen LogP contribution >= 0.6 is 47.8 Å². The maximum Gasteiger partial charge on any atom is 0.0966 e. The van der Waals surface area contributed by atoms with E-state index in [0.29, 0.717) is 0 Å². The van der Waals surface area contributed by atoms with Crippen LogP contribution in [0.15, 0.2) is 0 Å². The Morgan fingerprint density at radius 1 is 1.25 bits per heavy atom. The van der Waals surface area contributed by atoms with Gasteiger partial charge in [0.05, 0.1) is 9.84 Å². The van der Waals surface area contributed by atoms with Gasteiger partial charge in [-0.2, -0.15) is 0 Å². The Balaban J connectivity index is 3.46. The van der Waals surface area contributed by atoms with Crippen molar-refractivity contribution in [3.8, 4) is 0 Å². The third-order valence-corrected chi connectivity index (χ3v) is 2.35. The van der Waals surface area contributed by atoms with Gasteiger partial charge in [0.1, 0.15) is 0 Å². The molecule has 0 aromatic heterocycles. The van der Waals surface area contributed by atoms with Crippen LogP contribution in [0.25, 0.3) is 0 Å². The van der Waals surface area contributed by atoms with E-state index in [2.05, 4.69) is 47.8 Å². The molecule has 0 saturated heterocycles. The number of aliphatic hydroxyl groups excluding tert-OH is 1. The van der Waals surface area contributed by atoms with Crippen molar-refractivity contribution in [1.82, 2.24) is 0 Å². The first-order valence-corrected chi connectivity index (χ1v) is 4.90. The Kier molecular flexibility index (Phi) is 5.00. The van der Waals surface area contributed by atoms with Gasteiger partial charge in [-0.15, -0.1) is 0 Å². The fourth-order valence-corrected chi connectivity index (χ4v) is 2.24. The molecule has 0 aliphatic heterocycles. The van der Waals surface area contributed by atoms with E-state index in [4.69, 9.17) is 5.11 Å². The first kappa shape index (κ1) is 9.40. The van der Waals surface area contributed by atoms with Gasteiger partial charge >= 0.3 is 0 Å². The van der Waals surface area contributed by atoms with E-state index in [1.807, 2.05) is 6.92 Å². The number of aliphatic hydroxyl groups is 1. The molecule has 0 saturated carbocycles. The topological polar surface area (TPSA) is 20.2 Å². The van der Waals surface area contributed by atoms with Crippen molar-refractivity contribution >= 4 is 47.8 Å². The Labute approximate surface area is 74.2 Å². The van der Waals surface area contributed by atoms with Crippen LogP contribution in [0.5, 0.6) is 0 Å². The molecule has 1 N–H and O–H groups in total. The largest absolute Gasteiger partial charge is 0.390 e. The van der Waals surface area contributed by atoms with E-state index in [-0.39, 0.29) is 14.7 Å². The van der Waals surface area contributed by atoms with Crippen molar-refractivity contribution in [3.05, 3.63) is 0 Å². The number of rotatable bonds is 2. The molecule has 1 nitrogen and oxygen atoms in total. The highest BCUT2D eigenvalue weighted by atomic mass is 79.9. The molecule has 4 heteroatoms. The first-order valence-electron chi connectivity index (χ1n) is 2.16. The van der Waals surface area contributed by atoms with Crippen LogP contribution in [0.3, 0.4) is 0 Å². The van der Waals surface area contributed by atoms with Gasteiger partial charge in [-0.05, 0) is 0 Å². The summed E-state index contributed by atoms with van der Waals surface area (Å²) in [5.74, 6) is 0. The minimum atomic E-state index is -0.380. The Hall–Kier alpha value is 1.40. The SMILES string of the molecule is CC(Br)C(O)C(Br)Br. The van der Waals surface area contributed by atoms with E-state index in [0.717, 1.165) is 0 Å². The summed E-state index contributed by atoms with van der Waals surface area (Å²) in [5, 5.41) is 9.06. The lowest BCUT2D eigenvalue weighted by Crippen LogP contribution is -2.23. The van der Waals surface area contributed by atoms with Crippen molar-refractivity contribution in [3.63, 3.8) is 0 Å². The van der Waals surface area contributed by atoms with Crippen LogP contribution < -0.4 is 0 Å². The molecule has 0 radical (unpaired) electrons. The third-order valence-electron chi connectivity index (χ3n) is 0.729. The molecule has 0 spiro atoms. The minimum absolute atomic E-state index is 0.0237.